The van der Waals surface area contributed by atoms with Gasteiger partial charge in [-0.3, -0.25) is 0 Å². The number of rotatable bonds is 7. The molecule has 0 aliphatic heterocycles. The SMILES string of the molecule is Nc1ccccc1.O=C(O)C(F)(F)C(F)(Cl)C(F)(F)C(F)(Cl)C(F)(F)C(F)(Cl)C(F)(F)Cl. The predicted molar refractivity (Wildman–Crippen MR) is 93.2 cm³/mol. The minimum atomic E-state index is -7.23. The monoisotopic (exact) mass is 571 g/mol. The summed E-state index contributed by atoms with van der Waals surface area (Å²) in [6.07, 6.45) is 0. The van der Waals surface area contributed by atoms with Crippen molar-refractivity contribution >= 4 is 58.1 Å². The molecule has 0 saturated carbocycles. The number of hydrogen-bond acceptors (Lipinski definition) is 2. The van der Waals surface area contributed by atoms with Crippen molar-refractivity contribution in [3.05, 3.63) is 30.3 Å². The largest absolute Gasteiger partial charge is 0.477 e. The van der Waals surface area contributed by atoms with Crippen LogP contribution in [0, 0.1) is 0 Å². The fourth-order valence-electron chi connectivity index (χ4n) is 1.55. The van der Waals surface area contributed by atoms with Crippen LogP contribution in [0.1, 0.15) is 0 Å². The first-order valence-corrected chi connectivity index (χ1v) is 8.72. The van der Waals surface area contributed by atoms with E-state index in [9.17, 15) is 53.1 Å². The van der Waals surface area contributed by atoms with Crippen molar-refractivity contribution in [2.24, 2.45) is 0 Å². The normalized spacial score (nSPS) is 19.0. The maximum absolute atomic E-state index is 13.7. The molecular weight excluding hydrogens is 565 g/mol. The van der Waals surface area contributed by atoms with Gasteiger partial charge < -0.3 is 10.8 Å². The second kappa shape index (κ2) is 9.26. The van der Waals surface area contributed by atoms with Crippen LogP contribution in [0.2, 0.25) is 0 Å². The third-order valence-corrected chi connectivity index (χ3v) is 5.18. The van der Waals surface area contributed by atoms with Crippen LogP contribution in [-0.4, -0.2) is 49.6 Å². The zero-order chi connectivity index (χ0) is 26.2. The van der Waals surface area contributed by atoms with Gasteiger partial charge in [0.2, 0.25) is 0 Å². The Kier molecular flexibility index (Phi) is 8.94. The second-order valence-electron chi connectivity index (χ2n) is 5.66. The summed E-state index contributed by atoms with van der Waals surface area (Å²) >= 11 is 15.4. The number of nitrogen functional groups attached to an aromatic ring is 1. The van der Waals surface area contributed by atoms with E-state index in [2.05, 4.69) is 46.4 Å². The van der Waals surface area contributed by atoms with Gasteiger partial charge in [0.05, 0.1) is 0 Å². The first kappa shape index (κ1) is 30.9. The quantitative estimate of drug-likeness (QED) is 0.215. The van der Waals surface area contributed by atoms with Gasteiger partial charge in [-0.25, -0.2) is 18.0 Å². The molecule has 0 bridgehead atoms. The van der Waals surface area contributed by atoms with Gasteiger partial charge >= 0.3 is 44.5 Å². The first-order valence-electron chi connectivity index (χ1n) is 7.21. The molecule has 0 heterocycles. The molecule has 0 aliphatic carbocycles. The number of nitrogens with two attached hydrogens (primary N) is 1. The van der Waals surface area contributed by atoms with Gasteiger partial charge in [0.15, 0.2) is 0 Å². The molecule has 1 aromatic carbocycles. The number of carboxylic acids is 1. The smallest absolute Gasteiger partial charge is 0.395 e. The lowest BCUT2D eigenvalue weighted by Gasteiger charge is -2.43. The van der Waals surface area contributed by atoms with E-state index in [0.29, 0.717) is 0 Å². The highest BCUT2D eigenvalue weighted by Crippen LogP contribution is 2.64. The fraction of sp³-hybridized carbons (Fsp3) is 0.500. The number of carboxylic acid groups (broad SMARTS) is 1. The van der Waals surface area contributed by atoms with E-state index in [0.717, 1.165) is 5.69 Å². The lowest BCUT2D eigenvalue weighted by atomic mass is 9.94. The van der Waals surface area contributed by atoms with Crippen molar-refractivity contribution in [2.45, 2.75) is 38.5 Å². The van der Waals surface area contributed by atoms with Crippen molar-refractivity contribution in [1.29, 1.82) is 0 Å². The molecule has 3 unspecified atom stereocenters. The Bertz CT molecular complexity index is 802. The van der Waals surface area contributed by atoms with Gasteiger partial charge in [0.1, 0.15) is 0 Å². The number of hydrogen-bond donors (Lipinski definition) is 2. The molecule has 0 radical (unpaired) electrons. The van der Waals surface area contributed by atoms with Crippen molar-refractivity contribution < 1.29 is 58.2 Å². The molecular formula is C14H8Cl4F11NO2. The Hall–Kier alpha value is -1.12. The highest BCUT2D eigenvalue weighted by Gasteiger charge is 2.90. The van der Waals surface area contributed by atoms with Gasteiger partial charge in [-0.15, -0.1) is 0 Å². The molecule has 0 spiro atoms. The Morgan fingerprint density at radius 3 is 1.28 bits per heavy atom. The van der Waals surface area contributed by atoms with Crippen LogP contribution in [0.15, 0.2) is 30.3 Å². The molecule has 1 rings (SSSR count). The molecule has 0 fully saturated rings. The van der Waals surface area contributed by atoms with Crippen LogP contribution in [0.25, 0.3) is 0 Å². The molecule has 186 valence electrons. The van der Waals surface area contributed by atoms with E-state index in [1.807, 2.05) is 30.3 Å². The van der Waals surface area contributed by atoms with Gasteiger partial charge in [-0.2, -0.15) is 35.1 Å². The summed E-state index contributed by atoms with van der Waals surface area (Å²) in [5.41, 5.74) is 6.18. The summed E-state index contributed by atoms with van der Waals surface area (Å²) in [4.78, 5) is 10.0. The molecule has 18 heteroatoms. The van der Waals surface area contributed by atoms with E-state index in [1.165, 1.54) is 0 Å². The summed E-state index contributed by atoms with van der Waals surface area (Å²) in [6, 6.07) is 9.49. The molecule has 3 atom stereocenters. The summed E-state index contributed by atoms with van der Waals surface area (Å²) in [6.45, 7) is 0. The summed E-state index contributed by atoms with van der Waals surface area (Å²) in [5.74, 6) is -24.7. The van der Waals surface area contributed by atoms with Gasteiger partial charge in [-0.05, 0) is 23.7 Å². The maximum Gasteiger partial charge on any atom is 0.395 e. The molecule has 3 nitrogen and oxygen atoms in total. The number of alkyl halides is 15. The summed E-state index contributed by atoms with van der Waals surface area (Å²) in [7, 11) is 0. The molecule has 0 amide bonds. The molecule has 32 heavy (non-hydrogen) atoms. The number of benzene rings is 1. The third-order valence-electron chi connectivity index (χ3n) is 3.40. The highest BCUT2D eigenvalue weighted by atomic mass is 35.5. The van der Waals surface area contributed by atoms with Gasteiger partial charge in [-0.1, -0.05) is 53.0 Å². The van der Waals surface area contributed by atoms with Gasteiger partial charge in [0.25, 0.3) is 0 Å². The molecule has 1 aromatic rings. The van der Waals surface area contributed by atoms with Crippen LogP contribution in [0.5, 0.6) is 0 Å². The van der Waals surface area contributed by atoms with Crippen LogP contribution < -0.4 is 5.73 Å². The minimum Gasteiger partial charge on any atom is -0.477 e. The summed E-state index contributed by atoms with van der Waals surface area (Å²) in [5, 5.41) is -17.9. The van der Waals surface area contributed by atoms with E-state index >= 15 is 0 Å². The third kappa shape index (κ3) is 5.02. The first-order chi connectivity index (χ1) is 13.8. The number of anilines is 1. The van der Waals surface area contributed by atoms with Crippen molar-refractivity contribution in [2.75, 3.05) is 5.73 Å². The highest BCUT2D eigenvalue weighted by molar-refractivity contribution is 6.34. The van der Waals surface area contributed by atoms with E-state index in [1.54, 1.807) is 0 Å². The van der Waals surface area contributed by atoms with Crippen molar-refractivity contribution in [3.63, 3.8) is 0 Å². The van der Waals surface area contributed by atoms with Crippen LogP contribution in [-0.2, 0) is 4.79 Å². The maximum atomic E-state index is 13.7. The fourth-order valence-corrected chi connectivity index (χ4v) is 2.37. The van der Waals surface area contributed by atoms with E-state index in [-0.39, 0.29) is 0 Å². The zero-order valence-corrected chi connectivity index (χ0v) is 17.5. The Balaban J connectivity index is 0.00000115. The average molecular weight is 573 g/mol. The molecule has 0 aliphatic rings. The Morgan fingerprint density at radius 1 is 0.688 bits per heavy atom. The lowest BCUT2D eigenvalue weighted by molar-refractivity contribution is -0.305. The lowest BCUT2D eigenvalue weighted by Crippen LogP contribution is -2.72. The Labute approximate surface area is 191 Å². The molecule has 0 saturated heterocycles. The second-order valence-corrected chi connectivity index (χ2v) is 7.70. The van der Waals surface area contributed by atoms with Gasteiger partial charge in [0, 0.05) is 5.69 Å². The number of carbonyl (C=O) groups is 1. The number of aliphatic carboxylic acids is 1. The topological polar surface area (TPSA) is 63.3 Å². The average Bonchev–Trinajstić information content (AvgIpc) is 2.60. The number of para-hydroxylation sites is 1. The predicted octanol–water partition coefficient (Wildman–Crippen LogP) is 6.79. The van der Waals surface area contributed by atoms with Crippen molar-refractivity contribution in [1.82, 2.24) is 0 Å². The standard InChI is InChI=1S/C8HCl4F11O2.C6H7N/c9-3(15,2(13,14)1(24)25)6(18,19)4(10,16)7(20,21)5(11,17)8(12,22)23;7-6-4-2-1-3-5-6/h(H,24,25);1-5H,7H2. The van der Waals surface area contributed by atoms with E-state index in [4.69, 9.17) is 10.8 Å². The van der Waals surface area contributed by atoms with Crippen LogP contribution in [0.3, 0.4) is 0 Å². The Morgan fingerprint density at radius 2 is 1.03 bits per heavy atom. The molecule has 0 aromatic heterocycles. The van der Waals surface area contributed by atoms with Crippen molar-refractivity contribution in [3.8, 4) is 0 Å². The number of halogens is 15. The minimum absolute atomic E-state index is 0.822. The van der Waals surface area contributed by atoms with Crippen LogP contribution >= 0.6 is 46.4 Å². The summed E-state index contributed by atoms with van der Waals surface area (Å²) < 4.78 is 145. The van der Waals surface area contributed by atoms with E-state index < -0.39 is 44.5 Å². The zero-order valence-electron chi connectivity index (χ0n) is 14.5. The van der Waals surface area contributed by atoms with Crippen LogP contribution in [0.4, 0.5) is 54.0 Å². The molecule has 3 N–H and O–H groups in total.